The summed E-state index contributed by atoms with van der Waals surface area (Å²) in [5.41, 5.74) is 4.24. The quantitative estimate of drug-likeness (QED) is 0.402. The van der Waals surface area contributed by atoms with E-state index in [1.807, 2.05) is 67.6 Å². The fourth-order valence-electron chi connectivity index (χ4n) is 2.72. The van der Waals surface area contributed by atoms with Crippen molar-refractivity contribution in [3.63, 3.8) is 0 Å². The van der Waals surface area contributed by atoms with Crippen molar-refractivity contribution in [2.24, 2.45) is 0 Å². The summed E-state index contributed by atoms with van der Waals surface area (Å²) in [5.74, 6) is 1.91. The second-order valence-electron chi connectivity index (χ2n) is 6.00. The van der Waals surface area contributed by atoms with Gasteiger partial charge in [-0.15, -0.1) is 11.8 Å². The highest BCUT2D eigenvalue weighted by Gasteiger charge is 2.16. The number of hydrogen-bond acceptors (Lipinski definition) is 4. The van der Waals surface area contributed by atoms with E-state index in [1.54, 1.807) is 0 Å². The highest BCUT2D eigenvalue weighted by molar-refractivity contribution is 9.10. The summed E-state index contributed by atoms with van der Waals surface area (Å²) in [7, 11) is -0.831. The molecule has 142 valence electrons. The lowest BCUT2D eigenvalue weighted by atomic mass is 9.99. The van der Waals surface area contributed by atoms with Gasteiger partial charge in [-0.3, -0.25) is 4.21 Å². The van der Waals surface area contributed by atoms with Crippen LogP contribution in [0, 0.1) is 11.3 Å². The standard InChI is InChI=1S/C22H19BrN2OS2/c1-2-28(26)13-12-27-22-20(15-24)19(16-6-4-3-5-7-16)14-21(25-22)17-8-10-18(23)11-9-17/h3-11,14H,2,12-13H2,1H3. The minimum atomic E-state index is -0.831. The number of nitriles is 1. The molecule has 0 radical (unpaired) electrons. The zero-order valence-corrected chi connectivity index (χ0v) is 18.6. The van der Waals surface area contributed by atoms with Crippen molar-refractivity contribution in [3.05, 3.63) is 70.7 Å². The Morgan fingerprint density at radius 3 is 2.46 bits per heavy atom. The van der Waals surface area contributed by atoms with E-state index in [2.05, 4.69) is 22.0 Å². The maximum absolute atomic E-state index is 11.8. The third-order valence-corrected chi connectivity index (χ3v) is 7.26. The fraction of sp³-hybridized carbons (Fsp3) is 0.182. The van der Waals surface area contributed by atoms with Gasteiger partial charge < -0.3 is 0 Å². The highest BCUT2D eigenvalue weighted by Crippen LogP contribution is 2.34. The molecule has 3 aromatic rings. The molecule has 28 heavy (non-hydrogen) atoms. The third-order valence-electron chi connectivity index (χ3n) is 4.19. The molecule has 3 rings (SSSR count). The summed E-state index contributed by atoms with van der Waals surface area (Å²) in [6.07, 6.45) is 0. The number of hydrogen-bond donors (Lipinski definition) is 0. The first-order valence-electron chi connectivity index (χ1n) is 8.86. The van der Waals surface area contributed by atoms with Crippen LogP contribution < -0.4 is 0 Å². The number of halogens is 1. The highest BCUT2D eigenvalue weighted by atomic mass is 79.9. The van der Waals surface area contributed by atoms with Crippen LogP contribution in [-0.2, 0) is 10.8 Å². The maximum atomic E-state index is 11.8. The van der Waals surface area contributed by atoms with Crippen LogP contribution in [0.2, 0.25) is 0 Å². The van der Waals surface area contributed by atoms with E-state index in [9.17, 15) is 9.47 Å². The van der Waals surface area contributed by atoms with Crippen molar-refractivity contribution in [1.29, 1.82) is 5.26 Å². The van der Waals surface area contributed by atoms with Gasteiger partial charge in [0.2, 0.25) is 0 Å². The van der Waals surface area contributed by atoms with Crippen molar-refractivity contribution >= 4 is 38.5 Å². The molecule has 0 bridgehead atoms. The predicted molar refractivity (Wildman–Crippen MR) is 122 cm³/mol. The first-order valence-corrected chi connectivity index (χ1v) is 12.1. The van der Waals surface area contributed by atoms with Crippen LogP contribution in [0.25, 0.3) is 22.4 Å². The molecule has 0 saturated carbocycles. The van der Waals surface area contributed by atoms with Gasteiger partial charge in [-0.1, -0.05) is 65.3 Å². The van der Waals surface area contributed by atoms with Crippen LogP contribution in [0.15, 0.2) is 70.2 Å². The first-order chi connectivity index (χ1) is 13.6. The van der Waals surface area contributed by atoms with Crippen LogP contribution in [0.4, 0.5) is 0 Å². The van der Waals surface area contributed by atoms with E-state index in [0.717, 1.165) is 26.9 Å². The second-order valence-corrected chi connectivity index (χ2v) is 9.87. The monoisotopic (exact) mass is 470 g/mol. The number of rotatable bonds is 7. The van der Waals surface area contributed by atoms with Crippen LogP contribution in [-0.4, -0.2) is 26.5 Å². The van der Waals surface area contributed by atoms with Gasteiger partial charge in [0.05, 0.1) is 11.3 Å². The SMILES string of the molecule is CCS(=O)CCSc1nc(-c2ccc(Br)cc2)cc(-c2ccccc2)c1C#N. The lowest BCUT2D eigenvalue weighted by Crippen LogP contribution is -2.03. The van der Waals surface area contributed by atoms with Gasteiger partial charge in [-0.2, -0.15) is 5.26 Å². The Kier molecular flexibility index (Phi) is 7.43. The molecule has 1 unspecified atom stereocenters. The van der Waals surface area contributed by atoms with Crippen molar-refractivity contribution < 1.29 is 4.21 Å². The average molecular weight is 471 g/mol. The van der Waals surface area contributed by atoms with E-state index in [0.29, 0.717) is 27.8 Å². The third kappa shape index (κ3) is 5.11. The molecule has 1 atom stereocenters. The van der Waals surface area contributed by atoms with Crippen LogP contribution in [0.1, 0.15) is 12.5 Å². The van der Waals surface area contributed by atoms with Gasteiger partial charge in [-0.25, -0.2) is 4.98 Å². The van der Waals surface area contributed by atoms with E-state index >= 15 is 0 Å². The summed E-state index contributed by atoms with van der Waals surface area (Å²) in [5, 5.41) is 10.5. The number of nitrogens with zero attached hydrogens (tertiary/aromatic N) is 2. The Balaban J connectivity index is 2.08. The molecule has 6 heteroatoms. The molecule has 0 spiro atoms. The summed E-state index contributed by atoms with van der Waals surface area (Å²) < 4.78 is 12.8. The molecule has 0 amide bonds. The van der Waals surface area contributed by atoms with Gasteiger partial charge in [0.15, 0.2) is 0 Å². The molecular weight excluding hydrogens is 452 g/mol. The van der Waals surface area contributed by atoms with Crippen LogP contribution in [0.3, 0.4) is 0 Å². The van der Waals surface area contributed by atoms with Gasteiger partial charge >= 0.3 is 0 Å². The second kappa shape index (κ2) is 10.0. The Bertz CT molecular complexity index is 1020. The topological polar surface area (TPSA) is 53.8 Å². The minimum absolute atomic E-state index is 0.569. The summed E-state index contributed by atoms with van der Waals surface area (Å²) >= 11 is 4.96. The van der Waals surface area contributed by atoms with E-state index in [4.69, 9.17) is 4.98 Å². The van der Waals surface area contributed by atoms with Gasteiger partial charge in [0, 0.05) is 43.7 Å². The lowest BCUT2D eigenvalue weighted by molar-refractivity contribution is 0.685. The van der Waals surface area contributed by atoms with Crippen LogP contribution in [0.5, 0.6) is 0 Å². The molecule has 1 aromatic heterocycles. The molecule has 0 aliphatic rings. The van der Waals surface area contributed by atoms with Crippen molar-refractivity contribution in [2.45, 2.75) is 11.9 Å². The molecule has 1 heterocycles. The smallest absolute Gasteiger partial charge is 0.115 e. The van der Waals surface area contributed by atoms with E-state index < -0.39 is 10.8 Å². The summed E-state index contributed by atoms with van der Waals surface area (Å²) in [4.78, 5) is 4.78. The fourth-order valence-corrected chi connectivity index (χ4v) is 5.01. The summed E-state index contributed by atoms with van der Waals surface area (Å²) in [6, 6.07) is 22.2. The van der Waals surface area contributed by atoms with Crippen LogP contribution >= 0.6 is 27.7 Å². The molecule has 0 aliphatic heterocycles. The Labute approximate surface area is 180 Å². The van der Waals surface area contributed by atoms with Crippen molar-refractivity contribution in [2.75, 3.05) is 17.3 Å². The van der Waals surface area contributed by atoms with Crippen molar-refractivity contribution in [1.82, 2.24) is 4.98 Å². The minimum Gasteiger partial charge on any atom is -0.260 e. The molecule has 0 fully saturated rings. The Morgan fingerprint density at radius 1 is 1.11 bits per heavy atom. The molecule has 0 aliphatic carbocycles. The van der Waals surface area contributed by atoms with Gasteiger partial charge in [0.1, 0.15) is 11.1 Å². The Morgan fingerprint density at radius 2 is 1.82 bits per heavy atom. The predicted octanol–water partition coefficient (Wildman–Crippen LogP) is 5.91. The normalized spacial score (nSPS) is 11.8. The number of thioether (sulfide) groups is 1. The summed E-state index contributed by atoms with van der Waals surface area (Å²) in [6.45, 7) is 1.92. The molecule has 0 saturated heterocycles. The van der Waals surface area contributed by atoms with Crippen molar-refractivity contribution in [3.8, 4) is 28.5 Å². The number of aromatic nitrogens is 1. The molecule has 3 nitrogen and oxygen atoms in total. The zero-order valence-electron chi connectivity index (χ0n) is 15.4. The Hall–Kier alpha value is -1.94. The average Bonchev–Trinajstić information content (AvgIpc) is 2.74. The largest absolute Gasteiger partial charge is 0.260 e. The number of pyridine rings is 1. The van der Waals surface area contributed by atoms with Gasteiger partial charge in [-0.05, 0) is 23.8 Å². The molecule has 0 N–H and O–H groups in total. The first kappa shape index (κ1) is 20.8. The van der Waals surface area contributed by atoms with Gasteiger partial charge in [0.25, 0.3) is 0 Å². The van der Waals surface area contributed by atoms with E-state index in [1.165, 1.54) is 11.8 Å². The molecular formula is C22H19BrN2OS2. The van der Waals surface area contributed by atoms with E-state index in [-0.39, 0.29) is 0 Å². The lowest BCUT2D eigenvalue weighted by Gasteiger charge is -2.12. The maximum Gasteiger partial charge on any atom is 0.115 e. The number of benzene rings is 2. The molecule has 2 aromatic carbocycles. The zero-order chi connectivity index (χ0) is 19.9.